The zero-order chi connectivity index (χ0) is 22.3. The van der Waals surface area contributed by atoms with Crippen molar-refractivity contribution >= 4 is 28.3 Å². The van der Waals surface area contributed by atoms with Gasteiger partial charge in [-0.15, -0.1) is 0 Å². The lowest BCUT2D eigenvalue weighted by Crippen LogP contribution is -2.27. The number of carbonyl (C=O) groups excluding carboxylic acids is 2. The standard InChI is InChI=1S/C27H24N2O3/c1-19(20-8-3-2-4-9-20)28-27(31)23-12-7-13-24(16-23)29-26(30)18-32-25-15-14-21-10-5-6-11-22(21)17-25/h2-17,19H,18H2,1H3,(H,28,31)(H,29,30). The molecule has 2 N–H and O–H groups in total. The summed E-state index contributed by atoms with van der Waals surface area (Å²) in [7, 11) is 0. The molecule has 32 heavy (non-hydrogen) atoms. The van der Waals surface area contributed by atoms with Crippen LogP contribution in [0.5, 0.6) is 5.75 Å². The molecule has 0 saturated carbocycles. The molecule has 0 spiro atoms. The maximum absolute atomic E-state index is 12.6. The second-order valence-electron chi connectivity index (χ2n) is 7.53. The number of hydrogen-bond donors (Lipinski definition) is 2. The quantitative estimate of drug-likeness (QED) is 0.420. The summed E-state index contributed by atoms with van der Waals surface area (Å²) >= 11 is 0. The van der Waals surface area contributed by atoms with E-state index in [1.54, 1.807) is 24.3 Å². The molecule has 0 aliphatic rings. The fourth-order valence-electron chi connectivity index (χ4n) is 3.45. The van der Waals surface area contributed by atoms with Crippen molar-refractivity contribution in [2.24, 2.45) is 0 Å². The third-order valence-electron chi connectivity index (χ3n) is 5.15. The molecule has 1 unspecified atom stereocenters. The Morgan fingerprint density at radius 3 is 2.38 bits per heavy atom. The number of carbonyl (C=O) groups is 2. The fraction of sp³-hybridized carbons (Fsp3) is 0.111. The Labute approximate surface area is 187 Å². The molecule has 0 bridgehead atoms. The Balaban J connectivity index is 1.34. The summed E-state index contributed by atoms with van der Waals surface area (Å²) in [6, 6.07) is 30.1. The summed E-state index contributed by atoms with van der Waals surface area (Å²) in [4.78, 5) is 25.0. The zero-order valence-electron chi connectivity index (χ0n) is 17.7. The van der Waals surface area contributed by atoms with Crippen molar-refractivity contribution in [2.45, 2.75) is 13.0 Å². The first-order valence-corrected chi connectivity index (χ1v) is 10.5. The zero-order valence-corrected chi connectivity index (χ0v) is 17.7. The molecule has 0 aliphatic carbocycles. The smallest absolute Gasteiger partial charge is 0.262 e. The molecule has 2 amide bonds. The van der Waals surface area contributed by atoms with Gasteiger partial charge in [-0.3, -0.25) is 9.59 Å². The van der Waals surface area contributed by atoms with Crippen LogP contribution in [0, 0.1) is 0 Å². The molecule has 160 valence electrons. The van der Waals surface area contributed by atoms with Gasteiger partial charge in [-0.1, -0.05) is 66.7 Å². The summed E-state index contributed by atoms with van der Waals surface area (Å²) in [6.45, 7) is 1.81. The van der Waals surface area contributed by atoms with E-state index >= 15 is 0 Å². The van der Waals surface area contributed by atoms with E-state index in [4.69, 9.17) is 4.74 Å². The van der Waals surface area contributed by atoms with Crippen LogP contribution in [0.25, 0.3) is 10.8 Å². The van der Waals surface area contributed by atoms with Crippen molar-refractivity contribution < 1.29 is 14.3 Å². The van der Waals surface area contributed by atoms with Gasteiger partial charge >= 0.3 is 0 Å². The number of ether oxygens (including phenoxy) is 1. The summed E-state index contributed by atoms with van der Waals surface area (Å²) < 4.78 is 5.64. The van der Waals surface area contributed by atoms with Gasteiger partial charge in [0.2, 0.25) is 0 Å². The maximum atomic E-state index is 12.6. The average Bonchev–Trinajstić information content (AvgIpc) is 2.83. The Kier molecular flexibility index (Phi) is 6.46. The molecular weight excluding hydrogens is 400 g/mol. The molecule has 0 radical (unpaired) electrons. The molecular formula is C27H24N2O3. The fourth-order valence-corrected chi connectivity index (χ4v) is 3.45. The molecule has 5 nitrogen and oxygen atoms in total. The molecule has 0 heterocycles. The highest BCUT2D eigenvalue weighted by Gasteiger charge is 2.12. The van der Waals surface area contributed by atoms with Crippen LogP contribution >= 0.6 is 0 Å². The van der Waals surface area contributed by atoms with Gasteiger partial charge < -0.3 is 15.4 Å². The van der Waals surface area contributed by atoms with E-state index < -0.39 is 0 Å². The molecule has 4 aromatic rings. The van der Waals surface area contributed by atoms with Crippen LogP contribution in [0.2, 0.25) is 0 Å². The van der Waals surface area contributed by atoms with Gasteiger partial charge in [0.25, 0.3) is 11.8 Å². The van der Waals surface area contributed by atoms with Crippen molar-refractivity contribution in [1.29, 1.82) is 0 Å². The number of fused-ring (bicyclic) bond motifs is 1. The largest absolute Gasteiger partial charge is 0.484 e. The lowest BCUT2D eigenvalue weighted by molar-refractivity contribution is -0.118. The highest BCUT2D eigenvalue weighted by molar-refractivity contribution is 5.97. The van der Waals surface area contributed by atoms with Crippen molar-refractivity contribution in [3.05, 3.63) is 108 Å². The first kappa shape index (κ1) is 21.1. The van der Waals surface area contributed by atoms with Crippen molar-refractivity contribution in [1.82, 2.24) is 5.32 Å². The van der Waals surface area contributed by atoms with Crippen molar-refractivity contribution in [3.63, 3.8) is 0 Å². The van der Waals surface area contributed by atoms with Crippen molar-refractivity contribution in [3.8, 4) is 5.75 Å². The van der Waals surface area contributed by atoms with Crippen LogP contribution in [-0.4, -0.2) is 18.4 Å². The summed E-state index contributed by atoms with van der Waals surface area (Å²) in [5.74, 6) is 0.125. The van der Waals surface area contributed by atoms with Crippen LogP contribution < -0.4 is 15.4 Å². The number of anilines is 1. The van der Waals surface area contributed by atoms with Crippen LogP contribution in [0.15, 0.2) is 97.1 Å². The van der Waals surface area contributed by atoms with Gasteiger partial charge in [-0.2, -0.15) is 0 Å². The Hall–Kier alpha value is -4.12. The second-order valence-corrected chi connectivity index (χ2v) is 7.53. The number of nitrogens with one attached hydrogen (secondary N) is 2. The molecule has 0 fully saturated rings. The molecule has 4 aromatic carbocycles. The first-order chi connectivity index (χ1) is 15.6. The summed E-state index contributed by atoms with van der Waals surface area (Å²) in [5.41, 5.74) is 2.04. The van der Waals surface area contributed by atoms with E-state index in [0.717, 1.165) is 16.3 Å². The van der Waals surface area contributed by atoms with E-state index in [2.05, 4.69) is 10.6 Å². The lowest BCUT2D eigenvalue weighted by atomic mass is 10.1. The molecule has 1 atom stereocenters. The van der Waals surface area contributed by atoms with Gasteiger partial charge in [-0.05, 0) is 53.6 Å². The molecule has 5 heteroatoms. The molecule has 0 aromatic heterocycles. The normalized spacial score (nSPS) is 11.5. The Morgan fingerprint density at radius 2 is 1.56 bits per heavy atom. The first-order valence-electron chi connectivity index (χ1n) is 10.5. The van der Waals surface area contributed by atoms with Gasteiger partial charge in [0, 0.05) is 11.3 Å². The summed E-state index contributed by atoms with van der Waals surface area (Å²) in [6.07, 6.45) is 0. The minimum absolute atomic E-state index is 0.125. The topological polar surface area (TPSA) is 67.4 Å². The minimum Gasteiger partial charge on any atom is -0.484 e. The van der Waals surface area contributed by atoms with E-state index in [9.17, 15) is 9.59 Å². The molecule has 0 saturated heterocycles. The van der Waals surface area contributed by atoms with Crippen molar-refractivity contribution in [2.75, 3.05) is 11.9 Å². The number of benzene rings is 4. The van der Waals surface area contributed by atoms with E-state index in [0.29, 0.717) is 17.0 Å². The van der Waals surface area contributed by atoms with Gasteiger partial charge in [0.05, 0.1) is 6.04 Å². The monoisotopic (exact) mass is 424 g/mol. The average molecular weight is 425 g/mol. The van der Waals surface area contributed by atoms with Crippen LogP contribution in [0.4, 0.5) is 5.69 Å². The van der Waals surface area contributed by atoms with Crippen LogP contribution in [0.1, 0.15) is 28.9 Å². The second kappa shape index (κ2) is 9.79. The maximum Gasteiger partial charge on any atom is 0.262 e. The summed E-state index contributed by atoms with van der Waals surface area (Å²) in [5, 5.41) is 7.93. The van der Waals surface area contributed by atoms with E-state index in [1.807, 2.05) is 79.7 Å². The van der Waals surface area contributed by atoms with E-state index in [1.165, 1.54) is 0 Å². The highest BCUT2D eigenvalue weighted by Crippen LogP contribution is 2.20. The SMILES string of the molecule is CC(NC(=O)c1cccc(NC(=O)COc2ccc3ccccc3c2)c1)c1ccccc1. The van der Waals surface area contributed by atoms with Crippen LogP contribution in [0.3, 0.4) is 0 Å². The minimum atomic E-state index is -0.298. The third-order valence-corrected chi connectivity index (χ3v) is 5.15. The van der Waals surface area contributed by atoms with Gasteiger partial charge in [-0.25, -0.2) is 0 Å². The van der Waals surface area contributed by atoms with Gasteiger partial charge in [0.15, 0.2) is 6.61 Å². The Morgan fingerprint density at radius 1 is 0.812 bits per heavy atom. The predicted molar refractivity (Wildman–Crippen MR) is 127 cm³/mol. The molecule has 4 rings (SSSR count). The predicted octanol–water partition coefficient (Wildman–Crippen LogP) is 5.35. The number of rotatable bonds is 7. The number of hydrogen-bond acceptors (Lipinski definition) is 3. The Bertz CT molecular complexity index is 1240. The highest BCUT2D eigenvalue weighted by atomic mass is 16.5. The van der Waals surface area contributed by atoms with E-state index in [-0.39, 0.29) is 24.5 Å². The third kappa shape index (κ3) is 5.32. The van der Waals surface area contributed by atoms with Gasteiger partial charge in [0.1, 0.15) is 5.75 Å². The van der Waals surface area contributed by atoms with Crippen LogP contribution in [-0.2, 0) is 4.79 Å². The number of amides is 2. The lowest BCUT2D eigenvalue weighted by Gasteiger charge is -2.15. The molecule has 0 aliphatic heterocycles.